The van der Waals surface area contributed by atoms with Gasteiger partial charge in [0.15, 0.2) is 0 Å². The molecule has 2 heterocycles. The lowest BCUT2D eigenvalue weighted by Gasteiger charge is -2.33. The number of halogens is 1. The number of piperazine rings is 1. The Morgan fingerprint density at radius 3 is 2.32 bits per heavy atom. The molecule has 25 heavy (non-hydrogen) atoms. The van der Waals surface area contributed by atoms with E-state index in [0.717, 1.165) is 10.6 Å². The van der Waals surface area contributed by atoms with Crippen LogP contribution in [-0.2, 0) is 10.0 Å². The van der Waals surface area contributed by atoms with Gasteiger partial charge in [-0.25, -0.2) is 13.4 Å². The summed E-state index contributed by atoms with van der Waals surface area (Å²) in [5.74, 6) is -0.0941. The number of hydrogen-bond donors (Lipinski definition) is 0. The summed E-state index contributed by atoms with van der Waals surface area (Å²) >= 11 is 7.26. The summed E-state index contributed by atoms with van der Waals surface area (Å²) in [5.41, 5.74) is 1.60. The van der Waals surface area contributed by atoms with Gasteiger partial charge < -0.3 is 4.90 Å². The van der Waals surface area contributed by atoms with E-state index in [4.69, 9.17) is 11.6 Å². The number of benzene rings is 1. The first-order valence-corrected chi connectivity index (χ1v) is 10.8. The fourth-order valence-electron chi connectivity index (χ4n) is 2.68. The second kappa shape index (κ2) is 7.03. The van der Waals surface area contributed by atoms with Crippen molar-refractivity contribution in [3.05, 3.63) is 39.9 Å². The van der Waals surface area contributed by atoms with E-state index in [0.29, 0.717) is 41.8 Å². The van der Waals surface area contributed by atoms with E-state index in [-0.39, 0.29) is 5.91 Å². The first-order valence-electron chi connectivity index (χ1n) is 7.73. The highest BCUT2D eigenvalue weighted by Crippen LogP contribution is 2.29. The van der Waals surface area contributed by atoms with Gasteiger partial charge in [-0.15, -0.1) is 11.3 Å². The highest BCUT2D eigenvalue weighted by Gasteiger charge is 2.28. The van der Waals surface area contributed by atoms with Crippen molar-refractivity contribution >= 4 is 38.9 Å². The Kier molecular flexibility index (Phi) is 5.15. The standard InChI is InChI=1S/C16H18ClN3O3S2/c1-11-14(24-15(18-11)12-3-5-13(17)6-4-12)16(21)19-7-9-20(10-8-19)25(2,22)23/h3-6H,7-10H2,1-2H3. The lowest BCUT2D eigenvalue weighted by molar-refractivity contribution is 0.0702. The van der Waals surface area contributed by atoms with Gasteiger partial charge >= 0.3 is 0 Å². The third-order valence-corrected chi connectivity index (χ3v) is 6.83. The predicted octanol–water partition coefficient (Wildman–Crippen LogP) is 2.49. The molecule has 134 valence electrons. The number of carbonyl (C=O) groups excluding carboxylic acids is 1. The van der Waals surface area contributed by atoms with Gasteiger partial charge in [0, 0.05) is 36.8 Å². The van der Waals surface area contributed by atoms with Crippen molar-refractivity contribution in [3.8, 4) is 10.6 Å². The molecule has 1 aromatic carbocycles. The van der Waals surface area contributed by atoms with Crippen LogP contribution in [0.4, 0.5) is 0 Å². The van der Waals surface area contributed by atoms with Crippen molar-refractivity contribution in [2.45, 2.75) is 6.92 Å². The SMILES string of the molecule is Cc1nc(-c2ccc(Cl)cc2)sc1C(=O)N1CCN(S(C)(=O)=O)CC1. The quantitative estimate of drug-likeness (QED) is 0.795. The fraction of sp³-hybridized carbons (Fsp3) is 0.375. The largest absolute Gasteiger partial charge is 0.335 e. The minimum atomic E-state index is -3.21. The van der Waals surface area contributed by atoms with Gasteiger partial charge in [-0.2, -0.15) is 4.31 Å². The molecule has 1 aromatic heterocycles. The third-order valence-electron chi connectivity index (χ3n) is 4.08. The van der Waals surface area contributed by atoms with Crippen LogP contribution >= 0.6 is 22.9 Å². The van der Waals surface area contributed by atoms with Crippen molar-refractivity contribution < 1.29 is 13.2 Å². The number of hydrogen-bond acceptors (Lipinski definition) is 5. The first kappa shape index (κ1) is 18.3. The van der Waals surface area contributed by atoms with E-state index in [9.17, 15) is 13.2 Å². The van der Waals surface area contributed by atoms with Crippen molar-refractivity contribution in [2.24, 2.45) is 0 Å². The minimum absolute atomic E-state index is 0.0941. The van der Waals surface area contributed by atoms with E-state index in [1.54, 1.807) is 17.0 Å². The van der Waals surface area contributed by atoms with Crippen molar-refractivity contribution in [2.75, 3.05) is 32.4 Å². The van der Waals surface area contributed by atoms with E-state index >= 15 is 0 Å². The van der Waals surface area contributed by atoms with Crippen LogP contribution in [0.15, 0.2) is 24.3 Å². The molecule has 1 aliphatic heterocycles. The average molecular weight is 400 g/mol. The lowest BCUT2D eigenvalue weighted by Crippen LogP contribution is -2.50. The summed E-state index contributed by atoms with van der Waals surface area (Å²) < 4.78 is 24.6. The summed E-state index contributed by atoms with van der Waals surface area (Å²) in [7, 11) is -3.21. The maximum atomic E-state index is 12.8. The molecular weight excluding hydrogens is 382 g/mol. The molecule has 2 aromatic rings. The molecule has 0 unspecified atom stereocenters. The molecule has 0 N–H and O–H groups in total. The normalized spacial score (nSPS) is 16.2. The number of aromatic nitrogens is 1. The Morgan fingerprint density at radius 2 is 1.76 bits per heavy atom. The van der Waals surface area contributed by atoms with E-state index in [1.165, 1.54) is 21.9 Å². The van der Waals surface area contributed by atoms with Gasteiger partial charge in [0.1, 0.15) is 9.88 Å². The third kappa shape index (κ3) is 4.03. The Labute approximate surface area is 156 Å². The summed E-state index contributed by atoms with van der Waals surface area (Å²) in [6.07, 6.45) is 1.19. The Hall–Kier alpha value is -1.48. The second-order valence-electron chi connectivity index (χ2n) is 5.89. The number of thiazole rings is 1. The number of rotatable bonds is 3. The molecule has 9 heteroatoms. The minimum Gasteiger partial charge on any atom is -0.335 e. The summed E-state index contributed by atoms with van der Waals surface area (Å²) in [6.45, 7) is 3.24. The van der Waals surface area contributed by atoms with Gasteiger partial charge in [-0.05, 0) is 19.1 Å². The molecule has 1 saturated heterocycles. The van der Waals surface area contributed by atoms with Gasteiger partial charge in [0.25, 0.3) is 5.91 Å². The topological polar surface area (TPSA) is 70.6 Å². The predicted molar refractivity (Wildman–Crippen MR) is 99.6 cm³/mol. The number of carbonyl (C=O) groups is 1. The van der Waals surface area contributed by atoms with E-state index in [2.05, 4.69) is 4.98 Å². The Bertz CT molecular complexity index is 886. The molecule has 6 nitrogen and oxygen atoms in total. The van der Waals surface area contributed by atoms with Crippen molar-refractivity contribution in [1.29, 1.82) is 0 Å². The lowest BCUT2D eigenvalue weighted by atomic mass is 10.2. The van der Waals surface area contributed by atoms with Gasteiger partial charge in [-0.3, -0.25) is 4.79 Å². The molecule has 1 fully saturated rings. The number of nitrogens with zero attached hydrogens (tertiary/aromatic N) is 3. The highest BCUT2D eigenvalue weighted by molar-refractivity contribution is 7.88. The van der Waals surface area contributed by atoms with Gasteiger partial charge in [0.2, 0.25) is 10.0 Å². The van der Waals surface area contributed by atoms with Crippen LogP contribution in [0, 0.1) is 6.92 Å². The number of amides is 1. The summed E-state index contributed by atoms with van der Waals surface area (Å²) in [4.78, 5) is 19.6. The summed E-state index contributed by atoms with van der Waals surface area (Å²) in [5, 5.41) is 1.42. The zero-order chi connectivity index (χ0) is 18.2. The maximum Gasteiger partial charge on any atom is 0.265 e. The van der Waals surface area contributed by atoms with E-state index in [1.807, 2.05) is 19.1 Å². The van der Waals surface area contributed by atoms with Crippen molar-refractivity contribution in [1.82, 2.24) is 14.2 Å². The highest BCUT2D eigenvalue weighted by atomic mass is 35.5. The van der Waals surface area contributed by atoms with Gasteiger partial charge in [-0.1, -0.05) is 23.7 Å². The molecule has 3 rings (SSSR count). The smallest absolute Gasteiger partial charge is 0.265 e. The van der Waals surface area contributed by atoms with Crippen LogP contribution in [0.5, 0.6) is 0 Å². The molecule has 0 atom stereocenters. The van der Waals surface area contributed by atoms with Gasteiger partial charge in [0.05, 0.1) is 11.9 Å². The number of sulfonamides is 1. The number of aryl methyl sites for hydroxylation is 1. The maximum absolute atomic E-state index is 12.8. The van der Waals surface area contributed by atoms with E-state index < -0.39 is 10.0 Å². The molecule has 1 amide bonds. The zero-order valence-electron chi connectivity index (χ0n) is 13.9. The Balaban J connectivity index is 1.76. The molecule has 0 aliphatic carbocycles. The fourth-order valence-corrected chi connectivity index (χ4v) is 4.67. The second-order valence-corrected chi connectivity index (χ2v) is 9.31. The monoisotopic (exact) mass is 399 g/mol. The zero-order valence-corrected chi connectivity index (χ0v) is 16.3. The molecular formula is C16H18ClN3O3S2. The molecule has 0 spiro atoms. The summed E-state index contributed by atoms with van der Waals surface area (Å²) in [6, 6.07) is 7.33. The average Bonchev–Trinajstić information content (AvgIpc) is 2.96. The first-order chi connectivity index (χ1) is 11.8. The van der Waals surface area contributed by atoms with Crippen LogP contribution in [0.2, 0.25) is 5.02 Å². The molecule has 1 aliphatic rings. The van der Waals surface area contributed by atoms with Crippen LogP contribution in [-0.4, -0.2) is 60.9 Å². The van der Waals surface area contributed by atoms with Crippen LogP contribution in [0.25, 0.3) is 10.6 Å². The molecule has 0 saturated carbocycles. The molecule has 0 radical (unpaired) electrons. The van der Waals surface area contributed by atoms with Crippen molar-refractivity contribution in [3.63, 3.8) is 0 Å². The molecule has 0 bridgehead atoms. The van der Waals surface area contributed by atoms with Crippen LogP contribution < -0.4 is 0 Å². The Morgan fingerprint density at radius 1 is 1.16 bits per heavy atom. The van der Waals surface area contributed by atoms with Crippen LogP contribution in [0.1, 0.15) is 15.4 Å². The van der Waals surface area contributed by atoms with Crippen LogP contribution in [0.3, 0.4) is 0 Å².